The van der Waals surface area contributed by atoms with E-state index in [1.165, 1.54) is 5.69 Å². The molecule has 0 amide bonds. The average molecular weight is 266 g/mol. The van der Waals surface area contributed by atoms with Crippen molar-refractivity contribution in [3.8, 4) is 6.07 Å². The van der Waals surface area contributed by atoms with Crippen molar-refractivity contribution < 1.29 is 0 Å². The smallest absolute Gasteiger partial charge is 0.0992 e. The molecular weight excluding hydrogens is 254 g/mol. The minimum atomic E-state index is 0.695. The van der Waals surface area contributed by atoms with Crippen LogP contribution in [-0.4, -0.2) is 26.2 Å². The first kappa shape index (κ1) is 10.5. The molecule has 0 atom stereocenters. The first-order valence-corrected chi connectivity index (χ1v) is 5.76. The summed E-state index contributed by atoms with van der Waals surface area (Å²) in [6.45, 7) is 4.08. The van der Waals surface area contributed by atoms with E-state index in [1.807, 2.05) is 18.2 Å². The van der Waals surface area contributed by atoms with Crippen LogP contribution in [0.15, 0.2) is 22.7 Å². The van der Waals surface area contributed by atoms with Crippen LogP contribution >= 0.6 is 15.9 Å². The Bertz CT molecular complexity index is 391. The molecule has 1 saturated heterocycles. The van der Waals surface area contributed by atoms with Gasteiger partial charge in [0, 0.05) is 30.7 Å². The van der Waals surface area contributed by atoms with Crippen LogP contribution in [0.5, 0.6) is 0 Å². The van der Waals surface area contributed by atoms with Crippen molar-refractivity contribution in [1.29, 1.82) is 5.26 Å². The standard InChI is InChI=1S/C11H12BrN3/c12-10-7-9(8-13)1-2-11(10)15-5-3-14-4-6-15/h1-2,7,14H,3-6H2. The van der Waals surface area contributed by atoms with Crippen LogP contribution in [-0.2, 0) is 0 Å². The predicted molar refractivity (Wildman–Crippen MR) is 63.9 cm³/mol. The van der Waals surface area contributed by atoms with Gasteiger partial charge in [-0.2, -0.15) is 5.26 Å². The highest BCUT2D eigenvalue weighted by Crippen LogP contribution is 2.27. The van der Waals surface area contributed by atoms with E-state index < -0.39 is 0 Å². The summed E-state index contributed by atoms with van der Waals surface area (Å²) in [6, 6.07) is 7.88. The summed E-state index contributed by atoms with van der Waals surface area (Å²) in [6.07, 6.45) is 0. The second-order valence-corrected chi connectivity index (χ2v) is 4.37. The van der Waals surface area contributed by atoms with Gasteiger partial charge in [0.05, 0.1) is 17.3 Å². The highest BCUT2D eigenvalue weighted by Gasteiger charge is 2.13. The molecule has 0 aliphatic carbocycles. The molecule has 1 aliphatic rings. The monoisotopic (exact) mass is 265 g/mol. The van der Waals surface area contributed by atoms with E-state index in [0.717, 1.165) is 30.7 Å². The lowest BCUT2D eigenvalue weighted by Gasteiger charge is -2.30. The van der Waals surface area contributed by atoms with Crippen molar-refractivity contribution in [2.75, 3.05) is 31.1 Å². The zero-order valence-electron chi connectivity index (χ0n) is 8.33. The number of hydrogen-bond donors (Lipinski definition) is 1. The third-order valence-electron chi connectivity index (χ3n) is 2.53. The quantitative estimate of drug-likeness (QED) is 0.841. The summed E-state index contributed by atoms with van der Waals surface area (Å²) in [5.41, 5.74) is 1.87. The molecule has 0 unspecified atom stereocenters. The lowest BCUT2D eigenvalue weighted by molar-refractivity contribution is 0.588. The summed E-state index contributed by atoms with van der Waals surface area (Å²) >= 11 is 3.51. The molecule has 0 aromatic heterocycles. The Morgan fingerprint density at radius 1 is 1.33 bits per heavy atom. The number of nitrogens with zero attached hydrogens (tertiary/aromatic N) is 2. The lowest BCUT2D eigenvalue weighted by Crippen LogP contribution is -2.43. The van der Waals surface area contributed by atoms with Crippen LogP contribution in [0.3, 0.4) is 0 Å². The van der Waals surface area contributed by atoms with Crippen LogP contribution < -0.4 is 10.2 Å². The highest BCUT2D eigenvalue weighted by atomic mass is 79.9. The minimum Gasteiger partial charge on any atom is -0.368 e. The van der Waals surface area contributed by atoms with Crippen molar-refractivity contribution in [1.82, 2.24) is 5.32 Å². The van der Waals surface area contributed by atoms with Gasteiger partial charge in [-0.15, -0.1) is 0 Å². The third-order valence-corrected chi connectivity index (χ3v) is 3.17. The molecule has 0 bridgehead atoms. The Kier molecular flexibility index (Phi) is 3.24. The second kappa shape index (κ2) is 4.65. The molecule has 1 aliphatic heterocycles. The van der Waals surface area contributed by atoms with Crippen LogP contribution in [0.2, 0.25) is 0 Å². The highest BCUT2D eigenvalue weighted by molar-refractivity contribution is 9.10. The summed E-state index contributed by atoms with van der Waals surface area (Å²) in [7, 11) is 0. The van der Waals surface area contributed by atoms with Gasteiger partial charge in [0.25, 0.3) is 0 Å². The average Bonchev–Trinajstić information content (AvgIpc) is 2.30. The molecule has 1 N–H and O–H groups in total. The van der Waals surface area contributed by atoms with Crippen molar-refractivity contribution in [3.63, 3.8) is 0 Å². The normalized spacial score (nSPS) is 16.1. The minimum absolute atomic E-state index is 0.695. The van der Waals surface area contributed by atoms with Gasteiger partial charge in [-0.05, 0) is 34.1 Å². The molecule has 1 aromatic carbocycles. The van der Waals surface area contributed by atoms with Crippen molar-refractivity contribution in [2.45, 2.75) is 0 Å². The van der Waals surface area contributed by atoms with Crippen molar-refractivity contribution in [3.05, 3.63) is 28.2 Å². The van der Waals surface area contributed by atoms with E-state index in [9.17, 15) is 0 Å². The summed E-state index contributed by atoms with van der Waals surface area (Å²) in [4.78, 5) is 2.32. The van der Waals surface area contributed by atoms with E-state index >= 15 is 0 Å². The fourth-order valence-corrected chi connectivity index (χ4v) is 2.37. The maximum absolute atomic E-state index is 8.77. The van der Waals surface area contributed by atoms with E-state index in [1.54, 1.807) is 0 Å². The second-order valence-electron chi connectivity index (χ2n) is 3.52. The first-order chi connectivity index (χ1) is 7.31. The van der Waals surface area contributed by atoms with Crippen LogP contribution in [0.1, 0.15) is 5.56 Å². The Morgan fingerprint density at radius 2 is 2.07 bits per heavy atom. The Labute approximate surface area is 97.8 Å². The molecule has 78 valence electrons. The fraction of sp³-hybridized carbons (Fsp3) is 0.364. The molecule has 0 spiro atoms. The van der Waals surface area contributed by atoms with Gasteiger partial charge >= 0.3 is 0 Å². The van der Waals surface area contributed by atoms with Gasteiger partial charge in [0.1, 0.15) is 0 Å². The first-order valence-electron chi connectivity index (χ1n) is 4.96. The summed E-state index contributed by atoms with van der Waals surface area (Å²) < 4.78 is 1.00. The van der Waals surface area contributed by atoms with Crippen LogP contribution in [0.25, 0.3) is 0 Å². The topological polar surface area (TPSA) is 39.1 Å². The third kappa shape index (κ3) is 2.31. The van der Waals surface area contributed by atoms with Gasteiger partial charge in [0.2, 0.25) is 0 Å². The number of halogens is 1. The van der Waals surface area contributed by atoms with Gasteiger partial charge in [-0.25, -0.2) is 0 Å². The molecule has 0 radical (unpaired) electrons. The van der Waals surface area contributed by atoms with E-state index in [2.05, 4.69) is 32.2 Å². The lowest BCUT2D eigenvalue weighted by atomic mass is 10.2. The molecule has 0 saturated carbocycles. The molecule has 1 aromatic rings. The number of anilines is 1. The molecule has 4 heteroatoms. The summed E-state index contributed by atoms with van der Waals surface area (Å²) in [5.74, 6) is 0. The molecule has 1 heterocycles. The number of benzene rings is 1. The Hall–Kier alpha value is -1.05. The Morgan fingerprint density at radius 3 is 2.67 bits per heavy atom. The summed E-state index contributed by atoms with van der Waals surface area (Å²) in [5, 5.41) is 12.1. The fourth-order valence-electron chi connectivity index (χ4n) is 1.74. The van der Waals surface area contributed by atoms with Crippen LogP contribution in [0, 0.1) is 11.3 Å². The number of nitrogens with one attached hydrogen (secondary N) is 1. The molecule has 15 heavy (non-hydrogen) atoms. The molecule has 2 rings (SSSR count). The zero-order valence-corrected chi connectivity index (χ0v) is 9.92. The predicted octanol–water partition coefficient (Wildman–Crippen LogP) is 1.73. The number of piperazine rings is 1. The molecular formula is C11H12BrN3. The van der Waals surface area contributed by atoms with Gasteiger partial charge in [0.15, 0.2) is 0 Å². The maximum Gasteiger partial charge on any atom is 0.0992 e. The largest absolute Gasteiger partial charge is 0.368 e. The van der Waals surface area contributed by atoms with Crippen molar-refractivity contribution in [2.24, 2.45) is 0 Å². The van der Waals surface area contributed by atoms with Crippen molar-refractivity contribution >= 4 is 21.6 Å². The number of nitriles is 1. The molecule has 1 fully saturated rings. The van der Waals surface area contributed by atoms with E-state index in [4.69, 9.17) is 5.26 Å². The van der Waals surface area contributed by atoms with Gasteiger partial charge in [-0.3, -0.25) is 0 Å². The maximum atomic E-state index is 8.77. The zero-order chi connectivity index (χ0) is 10.7. The SMILES string of the molecule is N#Cc1ccc(N2CCNCC2)c(Br)c1. The Balaban J connectivity index is 2.24. The van der Waals surface area contributed by atoms with Crippen LogP contribution in [0.4, 0.5) is 5.69 Å². The molecule has 3 nitrogen and oxygen atoms in total. The van der Waals surface area contributed by atoms with E-state index in [-0.39, 0.29) is 0 Å². The van der Waals surface area contributed by atoms with E-state index in [0.29, 0.717) is 5.56 Å². The number of hydrogen-bond acceptors (Lipinski definition) is 3. The van der Waals surface area contributed by atoms with Gasteiger partial charge < -0.3 is 10.2 Å². The number of rotatable bonds is 1. The van der Waals surface area contributed by atoms with Gasteiger partial charge in [-0.1, -0.05) is 0 Å².